The number of nitrogens with one attached hydrogen (secondary N) is 2. The molecule has 1 aromatic heterocycles. The number of rotatable bonds is 5. The summed E-state index contributed by atoms with van der Waals surface area (Å²) in [6, 6.07) is 5.50. The Morgan fingerprint density at radius 2 is 2.00 bits per heavy atom. The standard InChI is InChI=1S/C18H24N4O3/c1-21(2)16(23)9-10-19-17(24)12-7-8-15-14(11-12)20-18(25)22(15)13-5-3-4-6-13/h7-8,11,13H,3-6,9-10H2,1-2H3,(H,19,24)(H,20,25). The zero-order chi connectivity index (χ0) is 18.0. The van der Waals surface area contributed by atoms with Gasteiger partial charge < -0.3 is 15.2 Å². The molecule has 25 heavy (non-hydrogen) atoms. The highest BCUT2D eigenvalue weighted by atomic mass is 16.2. The second-order valence-electron chi connectivity index (χ2n) is 6.76. The van der Waals surface area contributed by atoms with Crippen LogP contribution in [0.1, 0.15) is 48.5 Å². The van der Waals surface area contributed by atoms with Gasteiger partial charge in [-0.25, -0.2) is 4.79 Å². The van der Waals surface area contributed by atoms with Crippen molar-refractivity contribution in [1.82, 2.24) is 19.8 Å². The number of hydrogen-bond donors (Lipinski definition) is 2. The Kier molecular flexibility index (Phi) is 4.92. The van der Waals surface area contributed by atoms with Crippen molar-refractivity contribution in [3.63, 3.8) is 0 Å². The number of carbonyl (C=O) groups excluding carboxylic acids is 2. The molecule has 0 atom stereocenters. The lowest BCUT2D eigenvalue weighted by atomic mass is 10.1. The average Bonchev–Trinajstić information content (AvgIpc) is 3.19. The number of aromatic amines is 1. The van der Waals surface area contributed by atoms with E-state index >= 15 is 0 Å². The van der Waals surface area contributed by atoms with Gasteiger partial charge in [-0.3, -0.25) is 14.2 Å². The van der Waals surface area contributed by atoms with Crippen molar-refractivity contribution >= 4 is 22.8 Å². The van der Waals surface area contributed by atoms with Gasteiger partial charge in [-0.1, -0.05) is 12.8 Å². The zero-order valence-electron chi connectivity index (χ0n) is 14.7. The number of H-pyrrole nitrogens is 1. The van der Waals surface area contributed by atoms with Crippen LogP contribution < -0.4 is 11.0 Å². The van der Waals surface area contributed by atoms with Gasteiger partial charge in [0.2, 0.25) is 5.91 Å². The Balaban J connectivity index is 1.74. The maximum Gasteiger partial charge on any atom is 0.326 e. The van der Waals surface area contributed by atoms with Crippen LogP contribution in [0.3, 0.4) is 0 Å². The Labute approximate surface area is 146 Å². The van der Waals surface area contributed by atoms with Crippen LogP contribution in [0.5, 0.6) is 0 Å². The Bertz CT molecular complexity index is 844. The Morgan fingerprint density at radius 3 is 2.68 bits per heavy atom. The first-order valence-electron chi connectivity index (χ1n) is 8.70. The normalized spacial score (nSPS) is 14.8. The number of nitrogens with zero attached hydrogens (tertiary/aromatic N) is 2. The van der Waals surface area contributed by atoms with Gasteiger partial charge in [-0.05, 0) is 31.0 Å². The fourth-order valence-electron chi connectivity index (χ4n) is 3.41. The van der Waals surface area contributed by atoms with Crippen LogP contribution in [-0.2, 0) is 4.79 Å². The van der Waals surface area contributed by atoms with Crippen molar-refractivity contribution in [1.29, 1.82) is 0 Å². The summed E-state index contributed by atoms with van der Waals surface area (Å²) in [5.41, 5.74) is 1.88. The number of hydrogen-bond acceptors (Lipinski definition) is 3. The van der Waals surface area contributed by atoms with E-state index in [4.69, 9.17) is 0 Å². The smallest absolute Gasteiger partial charge is 0.326 e. The van der Waals surface area contributed by atoms with Gasteiger partial charge in [0.25, 0.3) is 5.91 Å². The molecule has 0 spiro atoms. The number of fused-ring (bicyclic) bond motifs is 1. The van der Waals surface area contributed by atoms with Crippen LogP contribution in [0.25, 0.3) is 11.0 Å². The molecule has 7 nitrogen and oxygen atoms in total. The fraction of sp³-hybridized carbons (Fsp3) is 0.500. The van der Waals surface area contributed by atoms with E-state index in [0.29, 0.717) is 11.1 Å². The summed E-state index contributed by atoms with van der Waals surface area (Å²) in [6.45, 7) is 0.285. The molecule has 2 aromatic rings. The quantitative estimate of drug-likeness (QED) is 0.865. The van der Waals surface area contributed by atoms with Crippen molar-refractivity contribution in [2.75, 3.05) is 20.6 Å². The molecule has 1 saturated carbocycles. The van der Waals surface area contributed by atoms with E-state index in [9.17, 15) is 14.4 Å². The Hall–Kier alpha value is -2.57. The summed E-state index contributed by atoms with van der Waals surface area (Å²) >= 11 is 0. The van der Waals surface area contributed by atoms with Crippen molar-refractivity contribution in [2.45, 2.75) is 38.1 Å². The molecule has 2 N–H and O–H groups in total. The third-order valence-electron chi connectivity index (χ3n) is 4.79. The van der Waals surface area contributed by atoms with E-state index in [1.807, 2.05) is 10.6 Å². The van der Waals surface area contributed by atoms with Gasteiger partial charge in [0.1, 0.15) is 0 Å². The summed E-state index contributed by atoms with van der Waals surface area (Å²) < 4.78 is 1.82. The van der Waals surface area contributed by atoms with Gasteiger partial charge in [-0.2, -0.15) is 0 Å². The predicted octanol–water partition coefficient (Wildman–Crippen LogP) is 1.65. The van der Waals surface area contributed by atoms with E-state index in [1.165, 1.54) is 4.90 Å². The molecule has 1 aliphatic rings. The van der Waals surface area contributed by atoms with Gasteiger partial charge in [0, 0.05) is 38.7 Å². The van der Waals surface area contributed by atoms with Gasteiger partial charge in [-0.15, -0.1) is 0 Å². The first kappa shape index (κ1) is 17.3. The molecule has 0 bridgehead atoms. The van der Waals surface area contributed by atoms with Crippen LogP contribution in [0.4, 0.5) is 0 Å². The Morgan fingerprint density at radius 1 is 1.28 bits per heavy atom. The molecule has 0 unspecified atom stereocenters. The second-order valence-corrected chi connectivity index (χ2v) is 6.76. The van der Waals surface area contributed by atoms with Crippen molar-refractivity contribution < 1.29 is 9.59 Å². The molecule has 0 aliphatic heterocycles. The molecule has 7 heteroatoms. The van der Waals surface area contributed by atoms with Gasteiger partial charge in [0.05, 0.1) is 11.0 Å². The summed E-state index contributed by atoms with van der Waals surface area (Å²) in [7, 11) is 3.37. The fourth-order valence-corrected chi connectivity index (χ4v) is 3.41. The van der Waals surface area contributed by atoms with Crippen LogP contribution in [-0.4, -0.2) is 46.9 Å². The highest BCUT2D eigenvalue weighted by Crippen LogP contribution is 2.30. The predicted molar refractivity (Wildman–Crippen MR) is 95.7 cm³/mol. The largest absolute Gasteiger partial charge is 0.352 e. The lowest BCUT2D eigenvalue weighted by Gasteiger charge is -2.12. The maximum absolute atomic E-state index is 12.3. The molecule has 1 heterocycles. The summed E-state index contributed by atoms with van der Waals surface area (Å²) in [4.78, 5) is 40.4. The first-order chi connectivity index (χ1) is 12.0. The molecule has 3 rings (SSSR count). The van der Waals surface area contributed by atoms with E-state index in [-0.39, 0.29) is 36.5 Å². The third-order valence-corrected chi connectivity index (χ3v) is 4.79. The van der Waals surface area contributed by atoms with E-state index < -0.39 is 0 Å². The first-order valence-corrected chi connectivity index (χ1v) is 8.70. The lowest BCUT2D eigenvalue weighted by molar-refractivity contribution is -0.128. The van der Waals surface area contributed by atoms with Crippen molar-refractivity contribution in [3.05, 3.63) is 34.2 Å². The minimum Gasteiger partial charge on any atom is -0.352 e. The van der Waals surface area contributed by atoms with E-state index in [0.717, 1.165) is 31.2 Å². The van der Waals surface area contributed by atoms with Gasteiger partial charge >= 0.3 is 5.69 Å². The molecule has 134 valence electrons. The van der Waals surface area contributed by atoms with Crippen LogP contribution in [0, 0.1) is 0 Å². The minimum atomic E-state index is -0.247. The molecule has 0 radical (unpaired) electrons. The van der Waals surface area contributed by atoms with E-state index in [1.54, 1.807) is 26.2 Å². The molecule has 1 aromatic carbocycles. The molecule has 2 amide bonds. The summed E-state index contributed by atoms with van der Waals surface area (Å²) in [6.07, 6.45) is 4.60. The lowest BCUT2D eigenvalue weighted by Crippen LogP contribution is -2.30. The summed E-state index contributed by atoms with van der Waals surface area (Å²) in [5, 5.41) is 2.74. The number of amides is 2. The van der Waals surface area contributed by atoms with Gasteiger partial charge in [0.15, 0.2) is 0 Å². The zero-order valence-corrected chi connectivity index (χ0v) is 14.7. The topological polar surface area (TPSA) is 87.2 Å². The molecule has 0 saturated heterocycles. The van der Waals surface area contributed by atoms with Crippen molar-refractivity contribution in [3.8, 4) is 0 Å². The highest BCUT2D eigenvalue weighted by Gasteiger charge is 2.21. The number of carbonyl (C=O) groups is 2. The highest BCUT2D eigenvalue weighted by molar-refractivity contribution is 5.97. The third kappa shape index (κ3) is 3.60. The van der Waals surface area contributed by atoms with E-state index in [2.05, 4.69) is 10.3 Å². The summed E-state index contributed by atoms with van der Waals surface area (Å²) in [5.74, 6) is -0.281. The molecule has 1 aliphatic carbocycles. The SMILES string of the molecule is CN(C)C(=O)CCNC(=O)c1ccc2c(c1)[nH]c(=O)n2C1CCCC1. The van der Waals surface area contributed by atoms with Crippen LogP contribution >= 0.6 is 0 Å². The van der Waals surface area contributed by atoms with Crippen molar-refractivity contribution in [2.24, 2.45) is 0 Å². The van der Waals surface area contributed by atoms with Crippen LogP contribution in [0.15, 0.2) is 23.0 Å². The minimum absolute atomic E-state index is 0.0336. The van der Waals surface area contributed by atoms with Crippen LogP contribution in [0.2, 0.25) is 0 Å². The number of benzene rings is 1. The number of aromatic nitrogens is 2. The monoisotopic (exact) mass is 344 g/mol. The molecular formula is C18H24N4O3. The number of imidazole rings is 1. The molecular weight excluding hydrogens is 320 g/mol. The second kappa shape index (κ2) is 7.13. The maximum atomic E-state index is 12.3. The molecule has 1 fully saturated rings. The average molecular weight is 344 g/mol.